The third-order valence-corrected chi connectivity index (χ3v) is 3.22. The molecule has 0 saturated carbocycles. The molecule has 2 rings (SSSR count). The molecule has 1 aromatic carbocycles. The molecule has 0 spiro atoms. The number of hydrogen-bond acceptors (Lipinski definition) is 3. The molecule has 132 valence electrons. The van der Waals surface area contributed by atoms with E-state index in [1.165, 1.54) is 35.0 Å². The van der Waals surface area contributed by atoms with E-state index in [9.17, 15) is 18.8 Å². The molecular weight excluding hydrogens is 327 g/mol. The molecule has 25 heavy (non-hydrogen) atoms. The fourth-order valence-electron chi connectivity index (χ4n) is 2.15. The van der Waals surface area contributed by atoms with Crippen molar-refractivity contribution >= 4 is 11.9 Å². The van der Waals surface area contributed by atoms with Gasteiger partial charge in [-0.05, 0) is 43.7 Å². The summed E-state index contributed by atoms with van der Waals surface area (Å²) in [6.07, 6.45) is 1.50. The first-order chi connectivity index (χ1) is 11.9. The predicted molar refractivity (Wildman–Crippen MR) is 90.5 cm³/mol. The number of halogens is 1. The zero-order chi connectivity index (χ0) is 18.4. The number of benzene rings is 1. The van der Waals surface area contributed by atoms with Gasteiger partial charge in [0.05, 0.1) is 6.54 Å². The van der Waals surface area contributed by atoms with Gasteiger partial charge in [0.15, 0.2) is 0 Å². The fraction of sp³-hybridized carbons (Fsp3) is 0.235. The smallest absolute Gasteiger partial charge is 0.333 e. The third kappa shape index (κ3) is 5.17. The normalized spacial score (nSPS) is 10.4. The molecule has 0 fully saturated rings. The Labute approximate surface area is 143 Å². The number of pyridine rings is 1. The van der Waals surface area contributed by atoms with Crippen molar-refractivity contribution in [1.29, 1.82) is 0 Å². The lowest BCUT2D eigenvalue weighted by Crippen LogP contribution is -2.49. The second-order valence-corrected chi connectivity index (χ2v) is 5.69. The highest BCUT2D eigenvalue weighted by atomic mass is 19.1. The van der Waals surface area contributed by atoms with Crippen molar-refractivity contribution in [2.45, 2.75) is 26.4 Å². The number of carbonyl (C=O) groups excluding carboxylic acids is 2. The van der Waals surface area contributed by atoms with Crippen molar-refractivity contribution in [2.75, 3.05) is 0 Å². The first-order valence-corrected chi connectivity index (χ1v) is 7.67. The van der Waals surface area contributed by atoms with Crippen LogP contribution < -0.4 is 21.7 Å². The summed E-state index contributed by atoms with van der Waals surface area (Å²) in [5.74, 6) is -1.14. The SMILES string of the molecule is CC(C)NC(=O)NNC(=O)c1cccn(Cc2cccc(F)c2)c1=O. The van der Waals surface area contributed by atoms with Crippen LogP contribution in [0.3, 0.4) is 0 Å². The molecule has 3 amide bonds. The summed E-state index contributed by atoms with van der Waals surface area (Å²) in [5, 5.41) is 2.53. The van der Waals surface area contributed by atoms with Gasteiger partial charge < -0.3 is 9.88 Å². The second kappa shape index (κ2) is 8.09. The van der Waals surface area contributed by atoms with Gasteiger partial charge in [0.1, 0.15) is 11.4 Å². The van der Waals surface area contributed by atoms with Crippen molar-refractivity contribution in [3.63, 3.8) is 0 Å². The molecule has 0 aliphatic rings. The number of nitrogens with one attached hydrogen (secondary N) is 3. The van der Waals surface area contributed by atoms with E-state index in [0.29, 0.717) is 5.56 Å². The highest BCUT2D eigenvalue weighted by Crippen LogP contribution is 2.05. The minimum Gasteiger partial charge on any atom is -0.335 e. The lowest BCUT2D eigenvalue weighted by molar-refractivity contribution is 0.0934. The fourth-order valence-corrected chi connectivity index (χ4v) is 2.15. The van der Waals surface area contributed by atoms with Crippen LogP contribution in [0.25, 0.3) is 0 Å². The monoisotopic (exact) mass is 346 g/mol. The van der Waals surface area contributed by atoms with Crippen LogP contribution in [0, 0.1) is 5.82 Å². The van der Waals surface area contributed by atoms with Crippen LogP contribution in [0.5, 0.6) is 0 Å². The Balaban J connectivity index is 2.11. The number of urea groups is 1. The molecule has 0 saturated heterocycles. The van der Waals surface area contributed by atoms with Crippen LogP contribution in [-0.4, -0.2) is 22.5 Å². The second-order valence-electron chi connectivity index (χ2n) is 5.69. The van der Waals surface area contributed by atoms with Crippen molar-refractivity contribution in [3.8, 4) is 0 Å². The third-order valence-electron chi connectivity index (χ3n) is 3.22. The number of aromatic nitrogens is 1. The first-order valence-electron chi connectivity index (χ1n) is 7.67. The van der Waals surface area contributed by atoms with Crippen LogP contribution >= 0.6 is 0 Å². The van der Waals surface area contributed by atoms with Crippen LogP contribution in [0.4, 0.5) is 9.18 Å². The lowest BCUT2D eigenvalue weighted by Gasteiger charge is -2.12. The van der Waals surface area contributed by atoms with Gasteiger partial charge in [-0.2, -0.15) is 0 Å². The van der Waals surface area contributed by atoms with Gasteiger partial charge in [-0.15, -0.1) is 0 Å². The molecule has 0 atom stereocenters. The lowest BCUT2D eigenvalue weighted by atomic mass is 10.2. The number of amides is 3. The molecule has 8 heteroatoms. The molecule has 0 aliphatic carbocycles. The maximum Gasteiger partial charge on any atom is 0.333 e. The molecule has 3 N–H and O–H groups in total. The summed E-state index contributed by atoms with van der Waals surface area (Å²) in [5.41, 5.74) is 4.25. The van der Waals surface area contributed by atoms with Crippen LogP contribution in [-0.2, 0) is 6.54 Å². The molecule has 1 aromatic heterocycles. The van der Waals surface area contributed by atoms with Gasteiger partial charge in [-0.25, -0.2) is 14.6 Å². The summed E-state index contributed by atoms with van der Waals surface area (Å²) < 4.78 is 14.5. The van der Waals surface area contributed by atoms with E-state index in [4.69, 9.17) is 0 Å². The van der Waals surface area contributed by atoms with Gasteiger partial charge >= 0.3 is 6.03 Å². The van der Waals surface area contributed by atoms with Crippen LogP contribution in [0.15, 0.2) is 47.4 Å². The molecule has 7 nitrogen and oxygen atoms in total. The zero-order valence-corrected chi connectivity index (χ0v) is 13.9. The summed E-state index contributed by atoms with van der Waals surface area (Å²) in [7, 11) is 0. The van der Waals surface area contributed by atoms with Gasteiger partial charge in [-0.3, -0.25) is 15.0 Å². The first kappa shape index (κ1) is 18.2. The minimum absolute atomic E-state index is 0.0999. The summed E-state index contributed by atoms with van der Waals surface area (Å²) in [4.78, 5) is 35.9. The topological polar surface area (TPSA) is 92.2 Å². The predicted octanol–water partition coefficient (Wildman–Crippen LogP) is 1.39. The molecule has 0 aliphatic heterocycles. The Morgan fingerprint density at radius 1 is 1.16 bits per heavy atom. The zero-order valence-electron chi connectivity index (χ0n) is 13.9. The van der Waals surface area contributed by atoms with E-state index in [2.05, 4.69) is 16.2 Å². The molecule has 0 bridgehead atoms. The number of nitrogens with zero attached hydrogens (tertiary/aromatic N) is 1. The van der Waals surface area contributed by atoms with Crippen LogP contribution in [0.1, 0.15) is 29.8 Å². The van der Waals surface area contributed by atoms with E-state index < -0.39 is 23.3 Å². The Bertz CT molecular complexity index is 833. The van der Waals surface area contributed by atoms with Crippen LogP contribution in [0.2, 0.25) is 0 Å². The summed E-state index contributed by atoms with van der Waals surface area (Å²) in [6.45, 7) is 3.66. The number of carbonyl (C=O) groups is 2. The van der Waals surface area contributed by atoms with Gasteiger partial charge in [-0.1, -0.05) is 12.1 Å². The van der Waals surface area contributed by atoms with E-state index in [1.54, 1.807) is 26.0 Å². The Morgan fingerprint density at radius 2 is 1.92 bits per heavy atom. The van der Waals surface area contributed by atoms with Crippen molar-refractivity contribution in [2.24, 2.45) is 0 Å². The average Bonchev–Trinajstić information content (AvgIpc) is 2.54. The molecule has 2 aromatic rings. The Hall–Kier alpha value is -3.16. The number of hydrogen-bond donors (Lipinski definition) is 3. The number of hydrazine groups is 1. The standard InChI is InChI=1S/C17H19FN4O3/c1-11(2)19-17(25)21-20-15(23)14-7-4-8-22(16(14)24)10-12-5-3-6-13(18)9-12/h3-9,11H,10H2,1-2H3,(H,20,23)(H2,19,21,25). The van der Waals surface area contributed by atoms with E-state index in [0.717, 1.165) is 0 Å². The highest BCUT2D eigenvalue weighted by Gasteiger charge is 2.13. The molecule has 1 heterocycles. The van der Waals surface area contributed by atoms with E-state index >= 15 is 0 Å². The van der Waals surface area contributed by atoms with Gasteiger partial charge in [0, 0.05) is 12.2 Å². The van der Waals surface area contributed by atoms with Crippen molar-refractivity contribution in [3.05, 3.63) is 69.9 Å². The molecular formula is C17H19FN4O3. The highest BCUT2D eigenvalue weighted by molar-refractivity contribution is 5.94. The minimum atomic E-state index is -0.738. The maximum atomic E-state index is 13.2. The van der Waals surface area contributed by atoms with Crippen molar-refractivity contribution < 1.29 is 14.0 Å². The van der Waals surface area contributed by atoms with E-state index in [1.807, 2.05) is 0 Å². The Morgan fingerprint density at radius 3 is 2.60 bits per heavy atom. The summed E-state index contributed by atoms with van der Waals surface area (Å²) in [6, 6.07) is 8.05. The Kier molecular flexibility index (Phi) is 5.89. The summed E-state index contributed by atoms with van der Waals surface area (Å²) >= 11 is 0. The molecule has 0 radical (unpaired) electrons. The molecule has 0 unspecified atom stereocenters. The maximum absolute atomic E-state index is 13.2. The van der Waals surface area contributed by atoms with Gasteiger partial charge in [0.25, 0.3) is 11.5 Å². The average molecular weight is 346 g/mol. The largest absolute Gasteiger partial charge is 0.335 e. The van der Waals surface area contributed by atoms with E-state index in [-0.39, 0.29) is 18.2 Å². The van der Waals surface area contributed by atoms with Gasteiger partial charge in [0.2, 0.25) is 0 Å². The van der Waals surface area contributed by atoms with Crippen molar-refractivity contribution in [1.82, 2.24) is 20.7 Å². The quantitative estimate of drug-likeness (QED) is 0.731. The number of rotatable bonds is 4.